The van der Waals surface area contributed by atoms with Crippen molar-refractivity contribution in [2.75, 3.05) is 0 Å². The van der Waals surface area contributed by atoms with E-state index in [9.17, 15) is 0 Å². The van der Waals surface area contributed by atoms with Gasteiger partial charge in [0.25, 0.3) is 0 Å². The Morgan fingerprint density at radius 3 is 2.64 bits per heavy atom. The molecule has 2 aromatic carbocycles. The van der Waals surface area contributed by atoms with Crippen molar-refractivity contribution in [2.45, 2.75) is 37.7 Å². The van der Waals surface area contributed by atoms with Crippen molar-refractivity contribution in [3.8, 4) is 0 Å². The smallest absolute Gasteiger partial charge is 0.191 e. The van der Waals surface area contributed by atoms with E-state index in [2.05, 4.69) is 70.0 Å². The van der Waals surface area contributed by atoms with Crippen LogP contribution in [-0.4, -0.2) is 19.7 Å². The van der Waals surface area contributed by atoms with Crippen LogP contribution in [0, 0.1) is 6.92 Å². The molecule has 4 rings (SSSR count). The highest BCUT2D eigenvalue weighted by molar-refractivity contribution is 7.98. The Bertz CT molecular complexity index is 1110. The van der Waals surface area contributed by atoms with Crippen LogP contribution in [0.4, 0.5) is 0 Å². The fourth-order valence-corrected chi connectivity index (χ4v) is 4.48. The number of aryl methyl sites for hydroxylation is 1. The number of halogens is 1. The summed E-state index contributed by atoms with van der Waals surface area (Å²) in [5.41, 5.74) is 4.36. The van der Waals surface area contributed by atoms with E-state index in [1.165, 1.54) is 11.1 Å². The van der Waals surface area contributed by atoms with Crippen LogP contribution in [-0.2, 0) is 18.7 Å². The lowest BCUT2D eigenvalue weighted by Crippen LogP contribution is -2.04. The van der Waals surface area contributed by atoms with Crippen LogP contribution in [0.15, 0.2) is 59.8 Å². The number of pyridine rings is 1. The first kappa shape index (κ1) is 19.0. The second-order valence-electron chi connectivity index (χ2n) is 6.73. The van der Waals surface area contributed by atoms with Gasteiger partial charge in [0.05, 0.1) is 5.52 Å². The van der Waals surface area contributed by atoms with Crippen molar-refractivity contribution >= 4 is 34.3 Å². The van der Waals surface area contributed by atoms with Gasteiger partial charge in [-0.2, -0.15) is 0 Å². The number of nitrogens with zero attached hydrogens (tertiary/aromatic N) is 4. The molecule has 0 N–H and O–H groups in total. The fraction of sp³-hybridized carbons (Fsp3) is 0.227. The minimum atomic E-state index is 0.553. The molecule has 0 aliphatic rings. The number of aromatic nitrogens is 4. The van der Waals surface area contributed by atoms with E-state index in [0.29, 0.717) is 10.9 Å². The van der Waals surface area contributed by atoms with Crippen LogP contribution in [0.2, 0.25) is 5.15 Å². The Kier molecular flexibility index (Phi) is 5.64. The number of thioether (sulfide) groups is 1. The highest BCUT2D eigenvalue weighted by Crippen LogP contribution is 2.28. The summed E-state index contributed by atoms with van der Waals surface area (Å²) in [6.07, 6.45) is 0.778. The zero-order chi connectivity index (χ0) is 19.5. The van der Waals surface area contributed by atoms with Crippen LogP contribution >= 0.6 is 23.4 Å². The normalized spacial score (nSPS) is 11.2. The lowest BCUT2D eigenvalue weighted by atomic mass is 10.1. The summed E-state index contributed by atoms with van der Waals surface area (Å²) < 4.78 is 2.17. The molecule has 6 heteroatoms. The first-order valence-corrected chi connectivity index (χ1v) is 10.6. The molecule has 28 heavy (non-hydrogen) atoms. The van der Waals surface area contributed by atoms with Gasteiger partial charge in [0.2, 0.25) is 0 Å². The second kappa shape index (κ2) is 8.33. The molecule has 0 atom stereocenters. The standard InChI is InChI=1S/C22H21ClN4S/c1-3-27-20(12-16-7-5-4-6-8-16)25-26-22(27)28-14-18-13-17-10-9-15(2)11-19(17)24-21(18)23/h4-11,13H,3,12,14H2,1-2H3. The van der Waals surface area contributed by atoms with E-state index < -0.39 is 0 Å². The molecule has 2 aromatic heterocycles. The molecule has 0 fully saturated rings. The summed E-state index contributed by atoms with van der Waals surface area (Å²) in [6.45, 7) is 5.01. The third-order valence-electron chi connectivity index (χ3n) is 4.67. The van der Waals surface area contributed by atoms with Gasteiger partial charge in [-0.3, -0.25) is 0 Å². The lowest BCUT2D eigenvalue weighted by Gasteiger charge is -2.09. The molecule has 0 amide bonds. The maximum atomic E-state index is 6.44. The highest BCUT2D eigenvalue weighted by Gasteiger charge is 2.13. The minimum absolute atomic E-state index is 0.553. The Morgan fingerprint density at radius 2 is 1.86 bits per heavy atom. The van der Waals surface area contributed by atoms with Crippen LogP contribution < -0.4 is 0 Å². The third kappa shape index (κ3) is 4.05. The van der Waals surface area contributed by atoms with E-state index in [1.807, 2.05) is 18.2 Å². The van der Waals surface area contributed by atoms with Gasteiger partial charge in [-0.05, 0) is 37.1 Å². The van der Waals surface area contributed by atoms with E-state index in [1.54, 1.807) is 11.8 Å². The Morgan fingerprint density at radius 1 is 1.04 bits per heavy atom. The fourth-order valence-electron chi connectivity index (χ4n) is 3.19. The molecule has 4 nitrogen and oxygen atoms in total. The highest BCUT2D eigenvalue weighted by atomic mass is 35.5. The second-order valence-corrected chi connectivity index (χ2v) is 8.03. The predicted molar refractivity (Wildman–Crippen MR) is 116 cm³/mol. The SMILES string of the molecule is CCn1c(Cc2ccccc2)nnc1SCc1cc2ccc(C)cc2nc1Cl. The average Bonchev–Trinajstić information content (AvgIpc) is 3.08. The van der Waals surface area contributed by atoms with Gasteiger partial charge >= 0.3 is 0 Å². The van der Waals surface area contributed by atoms with E-state index in [-0.39, 0.29) is 0 Å². The van der Waals surface area contributed by atoms with E-state index >= 15 is 0 Å². The molecule has 0 spiro atoms. The van der Waals surface area contributed by atoms with Gasteiger partial charge < -0.3 is 4.57 Å². The van der Waals surface area contributed by atoms with Gasteiger partial charge in [0.15, 0.2) is 5.16 Å². The molecule has 142 valence electrons. The number of hydrogen-bond donors (Lipinski definition) is 0. The molecule has 0 saturated heterocycles. The number of fused-ring (bicyclic) bond motifs is 1. The predicted octanol–water partition coefficient (Wildman–Crippen LogP) is 5.69. The molecule has 0 aliphatic carbocycles. The van der Waals surface area contributed by atoms with Crippen LogP contribution in [0.1, 0.15) is 29.4 Å². The van der Waals surface area contributed by atoms with Crippen LogP contribution in [0.25, 0.3) is 10.9 Å². The van der Waals surface area contributed by atoms with E-state index in [4.69, 9.17) is 11.6 Å². The summed E-state index contributed by atoms with van der Waals surface area (Å²) in [5, 5.41) is 11.4. The van der Waals surface area contributed by atoms with Crippen molar-refractivity contribution in [3.63, 3.8) is 0 Å². The van der Waals surface area contributed by atoms with Gasteiger partial charge in [-0.15, -0.1) is 10.2 Å². The number of rotatable bonds is 6. The average molecular weight is 409 g/mol. The number of benzene rings is 2. The summed E-state index contributed by atoms with van der Waals surface area (Å²) >= 11 is 8.09. The summed E-state index contributed by atoms with van der Waals surface area (Å²) in [7, 11) is 0. The molecule has 0 bridgehead atoms. The van der Waals surface area contributed by atoms with Crippen LogP contribution in [0.5, 0.6) is 0 Å². The lowest BCUT2D eigenvalue weighted by molar-refractivity contribution is 0.651. The Labute approximate surface area is 174 Å². The maximum Gasteiger partial charge on any atom is 0.191 e. The van der Waals surface area contributed by atoms with Gasteiger partial charge in [-0.25, -0.2) is 4.98 Å². The molecule has 0 unspecified atom stereocenters. The van der Waals surface area contributed by atoms with Crippen molar-refractivity contribution in [1.82, 2.24) is 19.7 Å². The van der Waals surface area contributed by atoms with Gasteiger partial charge in [-0.1, -0.05) is 65.8 Å². The molecule has 4 aromatic rings. The number of hydrogen-bond acceptors (Lipinski definition) is 4. The molecule has 0 saturated carbocycles. The van der Waals surface area contributed by atoms with Crippen molar-refractivity contribution in [3.05, 3.63) is 82.3 Å². The van der Waals surface area contributed by atoms with Crippen molar-refractivity contribution in [2.24, 2.45) is 0 Å². The molecular weight excluding hydrogens is 388 g/mol. The summed E-state index contributed by atoms with van der Waals surface area (Å²) in [4.78, 5) is 4.56. The monoisotopic (exact) mass is 408 g/mol. The minimum Gasteiger partial charge on any atom is -0.306 e. The van der Waals surface area contributed by atoms with E-state index in [0.717, 1.165) is 40.4 Å². The van der Waals surface area contributed by atoms with Crippen molar-refractivity contribution in [1.29, 1.82) is 0 Å². The summed E-state index contributed by atoms with van der Waals surface area (Å²) in [6, 6.07) is 18.7. The van der Waals surface area contributed by atoms with Crippen LogP contribution in [0.3, 0.4) is 0 Å². The zero-order valence-electron chi connectivity index (χ0n) is 15.9. The first-order chi connectivity index (χ1) is 13.6. The summed E-state index contributed by atoms with van der Waals surface area (Å²) in [5.74, 6) is 1.69. The molecule has 0 aliphatic heterocycles. The third-order valence-corrected chi connectivity index (χ3v) is 6.01. The molecule has 2 heterocycles. The largest absolute Gasteiger partial charge is 0.306 e. The molecular formula is C22H21ClN4S. The maximum absolute atomic E-state index is 6.44. The van der Waals surface area contributed by atoms with Gasteiger partial charge in [0.1, 0.15) is 11.0 Å². The molecule has 0 radical (unpaired) electrons. The first-order valence-electron chi connectivity index (χ1n) is 9.28. The quantitative estimate of drug-likeness (QED) is 0.303. The Balaban J connectivity index is 1.54. The Hall–Kier alpha value is -2.37. The van der Waals surface area contributed by atoms with Crippen molar-refractivity contribution < 1.29 is 0 Å². The zero-order valence-corrected chi connectivity index (χ0v) is 17.5. The van der Waals surface area contributed by atoms with Gasteiger partial charge in [0, 0.05) is 29.7 Å². The topological polar surface area (TPSA) is 43.6 Å².